The lowest BCUT2D eigenvalue weighted by Crippen LogP contribution is -2.22. The molecule has 0 spiro atoms. The Morgan fingerprint density at radius 2 is 2.27 bits per heavy atom. The Kier molecular flexibility index (Phi) is 2.51. The standard InChI is InChI=1S/C9H10N4OS/c1-6-2-12-9(14)13(4-6)5-7-3-11-8(10)15-7/h2-4H,5H2,1H3,(H2,10,11). The molecule has 6 heteroatoms. The zero-order valence-corrected chi connectivity index (χ0v) is 8.99. The van der Waals surface area contributed by atoms with E-state index in [2.05, 4.69) is 9.97 Å². The van der Waals surface area contributed by atoms with Crippen molar-refractivity contribution in [1.82, 2.24) is 14.5 Å². The summed E-state index contributed by atoms with van der Waals surface area (Å²) in [5, 5.41) is 0.513. The molecule has 2 aromatic rings. The van der Waals surface area contributed by atoms with Crippen LogP contribution in [0.1, 0.15) is 10.4 Å². The first-order valence-electron chi connectivity index (χ1n) is 4.38. The largest absolute Gasteiger partial charge is 0.375 e. The van der Waals surface area contributed by atoms with E-state index in [1.807, 2.05) is 6.92 Å². The topological polar surface area (TPSA) is 73.8 Å². The number of thiazole rings is 1. The van der Waals surface area contributed by atoms with E-state index in [9.17, 15) is 4.79 Å². The smallest absolute Gasteiger partial charge is 0.347 e. The molecule has 78 valence electrons. The highest BCUT2D eigenvalue weighted by Gasteiger charge is 2.02. The quantitative estimate of drug-likeness (QED) is 0.809. The zero-order valence-electron chi connectivity index (χ0n) is 8.17. The minimum Gasteiger partial charge on any atom is -0.375 e. The summed E-state index contributed by atoms with van der Waals surface area (Å²) in [4.78, 5) is 20.0. The molecule has 0 aliphatic carbocycles. The normalized spacial score (nSPS) is 10.5. The van der Waals surface area contributed by atoms with E-state index in [-0.39, 0.29) is 5.69 Å². The van der Waals surface area contributed by atoms with Gasteiger partial charge in [0.05, 0.1) is 6.54 Å². The van der Waals surface area contributed by atoms with Crippen LogP contribution in [0.25, 0.3) is 0 Å². The highest BCUT2D eigenvalue weighted by Crippen LogP contribution is 2.14. The van der Waals surface area contributed by atoms with Crippen LogP contribution in [0.15, 0.2) is 23.4 Å². The number of anilines is 1. The van der Waals surface area contributed by atoms with Gasteiger partial charge in [-0.2, -0.15) is 0 Å². The van der Waals surface area contributed by atoms with Crippen molar-refractivity contribution in [3.05, 3.63) is 39.5 Å². The molecule has 15 heavy (non-hydrogen) atoms. The van der Waals surface area contributed by atoms with Crippen LogP contribution in [0.2, 0.25) is 0 Å². The lowest BCUT2D eigenvalue weighted by Gasteiger charge is -2.02. The van der Waals surface area contributed by atoms with Crippen LogP contribution in [0.3, 0.4) is 0 Å². The number of hydrogen-bond donors (Lipinski definition) is 1. The predicted octanol–water partition coefficient (Wildman–Crippen LogP) is 0.639. The van der Waals surface area contributed by atoms with Crippen LogP contribution in [-0.4, -0.2) is 14.5 Å². The van der Waals surface area contributed by atoms with Gasteiger partial charge < -0.3 is 5.73 Å². The van der Waals surface area contributed by atoms with E-state index >= 15 is 0 Å². The molecule has 5 nitrogen and oxygen atoms in total. The Bertz CT molecular complexity index is 531. The minimum absolute atomic E-state index is 0.257. The summed E-state index contributed by atoms with van der Waals surface area (Å²) >= 11 is 1.38. The Labute approximate surface area is 90.2 Å². The third kappa shape index (κ3) is 2.21. The van der Waals surface area contributed by atoms with E-state index in [1.165, 1.54) is 11.3 Å². The number of nitrogens with two attached hydrogens (primary N) is 1. The van der Waals surface area contributed by atoms with Crippen molar-refractivity contribution in [2.75, 3.05) is 5.73 Å². The maximum atomic E-state index is 11.4. The molecule has 0 saturated carbocycles. The molecule has 0 amide bonds. The summed E-state index contributed by atoms with van der Waals surface area (Å²) in [6, 6.07) is 0. The Balaban J connectivity index is 2.31. The van der Waals surface area contributed by atoms with Gasteiger partial charge in [-0.15, -0.1) is 11.3 Å². The molecule has 0 atom stereocenters. The molecule has 0 aliphatic heterocycles. The van der Waals surface area contributed by atoms with E-state index in [4.69, 9.17) is 5.73 Å². The van der Waals surface area contributed by atoms with Gasteiger partial charge >= 0.3 is 5.69 Å². The zero-order chi connectivity index (χ0) is 10.8. The van der Waals surface area contributed by atoms with Crippen LogP contribution >= 0.6 is 11.3 Å². The molecule has 0 radical (unpaired) electrons. The van der Waals surface area contributed by atoms with Crippen molar-refractivity contribution in [3.63, 3.8) is 0 Å². The Hall–Kier alpha value is -1.69. The summed E-state index contributed by atoms with van der Waals surface area (Å²) in [6.07, 6.45) is 5.00. The monoisotopic (exact) mass is 222 g/mol. The molecule has 0 aromatic carbocycles. The average Bonchev–Trinajstić information content (AvgIpc) is 2.58. The van der Waals surface area contributed by atoms with Gasteiger partial charge in [0.15, 0.2) is 5.13 Å². The van der Waals surface area contributed by atoms with Gasteiger partial charge in [0.25, 0.3) is 0 Å². The van der Waals surface area contributed by atoms with Gasteiger partial charge in [-0.1, -0.05) is 0 Å². The maximum absolute atomic E-state index is 11.4. The first-order chi connectivity index (χ1) is 7.15. The number of hydrogen-bond acceptors (Lipinski definition) is 5. The number of rotatable bonds is 2. The molecular weight excluding hydrogens is 212 g/mol. The van der Waals surface area contributed by atoms with Gasteiger partial charge in [-0.3, -0.25) is 4.57 Å². The van der Waals surface area contributed by atoms with Crippen LogP contribution < -0.4 is 11.4 Å². The highest BCUT2D eigenvalue weighted by atomic mass is 32.1. The van der Waals surface area contributed by atoms with Gasteiger partial charge in [-0.05, 0) is 12.5 Å². The van der Waals surface area contributed by atoms with E-state index < -0.39 is 0 Å². The van der Waals surface area contributed by atoms with Crippen molar-refractivity contribution in [3.8, 4) is 0 Å². The average molecular weight is 222 g/mol. The van der Waals surface area contributed by atoms with Crippen LogP contribution in [0, 0.1) is 6.92 Å². The molecule has 2 rings (SSSR count). The second kappa shape index (κ2) is 3.82. The fourth-order valence-corrected chi connectivity index (χ4v) is 1.93. The van der Waals surface area contributed by atoms with Gasteiger partial charge in [-0.25, -0.2) is 14.8 Å². The second-order valence-corrected chi connectivity index (χ2v) is 4.35. The summed E-state index contributed by atoms with van der Waals surface area (Å²) < 4.78 is 1.54. The van der Waals surface area contributed by atoms with Gasteiger partial charge in [0.1, 0.15) is 0 Å². The lowest BCUT2D eigenvalue weighted by atomic mass is 10.4. The SMILES string of the molecule is Cc1cnc(=O)n(Cc2cnc(N)s2)c1. The first kappa shape index (κ1) is 9.85. The van der Waals surface area contributed by atoms with Crippen LogP contribution in [0.4, 0.5) is 5.13 Å². The van der Waals surface area contributed by atoms with Crippen molar-refractivity contribution >= 4 is 16.5 Å². The molecule has 0 aliphatic rings. The third-order valence-corrected chi connectivity index (χ3v) is 2.69. The second-order valence-electron chi connectivity index (χ2n) is 3.21. The molecule has 2 aromatic heterocycles. The van der Waals surface area contributed by atoms with E-state index in [1.54, 1.807) is 23.2 Å². The maximum Gasteiger partial charge on any atom is 0.347 e. The summed E-state index contributed by atoms with van der Waals surface area (Å²) in [7, 11) is 0. The van der Waals surface area contributed by atoms with E-state index in [0.29, 0.717) is 11.7 Å². The molecular formula is C9H10N4OS. The predicted molar refractivity (Wildman–Crippen MR) is 58.9 cm³/mol. The summed E-state index contributed by atoms with van der Waals surface area (Å²) in [5.74, 6) is 0. The van der Waals surface area contributed by atoms with Crippen molar-refractivity contribution in [2.45, 2.75) is 13.5 Å². The van der Waals surface area contributed by atoms with E-state index in [0.717, 1.165) is 10.4 Å². The molecule has 0 unspecified atom stereocenters. The minimum atomic E-state index is -0.257. The molecule has 0 fully saturated rings. The third-order valence-electron chi connectivity index (χ3n) is 1.88. The Morgan fingerprint density at radius 1 is 1.47 bits per heavy atom. The molecule has 0 bridgehead atoms. The molecule has 2 heterocycles. The lowest BCUT2D eigenvalue weighted by molar-refractivity contribution is 0.728. The number of aryl methyl sites for hydroxylation is 1. The van der Waals surface area contributed by atoms with Crippen LogP contribution in [-0.2, 0) is 6.54 Å². The number of nitrogen functional groups attached to an aromatic ring is 1. The van der Waals surface area contributed by atoms with Crippen molar-refractivity contribution < 1.29 is 0 Å². The fourth-order valence-electron chi connectivity index (χ4n) is 1.24. The van der Waals surface area contributed by atoms with Gasteiger partial charge in [0, 0.05) is 23.5 Å². The summed E-state index contributed by atoms with van der Waals surface area (Å²) in [5.41, 5.74) is 6.20. The number of nitrogens with zero attached hydrogens (tertiary/aromatic N) is 3. The Morgan fingerprint density at radius 3 is 2.93 bits per heavy atom. The first-order valence-corrected chi connectivity index (χ1v) is 5.20. The molecule has 2 N–H and O–H groups in total. The van der Waals surface area contributed by atoms with Gasteiger partial charge in [0.2, 0.25) is 0 Å². The van der Waals surface area contributed by atoms with Crippen molar-refractivity contribution in [1.29, 1.82) is 0 Å². The number of aromatic nitrogens is 3. The fraction of sp³-hybridized carbons (Fsp3) is 0.222. The molecule has 0 saturated heterocycles. The van der Waals surface area contributed by atoms with Crippen molar-refractivity contribution in [2.24, 2.45) is 0 Å². The highest BCUT2D eigenvalue weighted by molar-refractivity contribution is 7.15. The van der Waals surface area contributed by atoms with Crippen LogP contribution in [0.5, 0.6) is 0 Å². The summed E-state index contributed by atoms with van der Waals surface area (Å²) in [6.45, 7) is 2.37.